The van der Waals surface area contributed by atoms with Gasteiger partial charge in [0, 0.05) is 25.2 Å². The Labute approximate surface area is 126 Å². The standard InChI is InChI=1S/C17H35N3/c1-4-10-20(14-16-6-5-9-18-16)17-7-11-19(12-8-17)13-15(2)3/h15-18H,4-14H2,1-3H3. The first-order valence-corrected chi connectivity index (χ1v) is 8.88. The molecule has 3 nitrogen and oxygen atoms in total. The molecular formula is C17H35N3. The van der Waals surface area contributed by atoms with E-state index in [-0.39, 0.29) is 0 Å². The quantitative estimate of drug-likeness (QED) is 0.774. The molecule has 0 aromatic heterocycles. The van der Waals surface area contributed by atoms with Crippen LogP contribution in [0.4, 0.5) is 0 Å². The summed E-state index contributed by atoms with van der Waals surface area (Å²) in [5.41, 5.74) is 0. The minimum atomic E-state index is 0.759. The van der Waals surface area contributed by atoms with Crippen molar-refractivity contribution in [3.8, 4) is 0 Å². The fraction of sp³-hybridized carbons (Fsp3) is 1.00. The van der Waals surface area contributed by atoms with Gasteiger partial charge in [-0.3, -0.25) is 4.90 Å². The summed E-state index contributed by atoms with van der Waals surface area (Å²) in [4.78, 5) is 5.45. The highest BCUT2D eigenvalue weighted by molar-refractivity contribution is 4.84. The van der Waals surface area contributed by atoms with Crippen molar-refractivity contribution in [3.63, 3.8) is 0 Å². The van der Waals surface area contributed by atoms with Crippen molar-refractivity contribution in [3.05, 3.63) is 0 Å². The van der Waals surface area contributed by atoms with Crippen molar-refractivity contribution >= 4 is 0 Å². The number of rotatable bonds is 7. The fourth-order valence-electron chi connectivity index (χ4n) is 3.89. The second-order valence-electron chi connectivity index (χ2n) is 7.21. The molecule has 0 bridgehead atoms. The highest BCUT2D eigenvalue weighted by atomic mass is 15.2. The van der Waals surface area contributed by atoms with Gasteiger partial charge in [0.05, 0.1) is 0 Å². The zero-order chi connectivity index (χ0) is 14.4. The SMILES string of the molecule is CCCN(CC1CCCN1)C1CCN(CC(C)C)CC1. The Hall–Kier alpha value is -0.120. The van der Waals surface area contributed by atoms with E-state index in [4.69, 9.17) is 0 Å². The predicted octanol–water partition coefficient (Wildman–Crippen LogP) is 2.57. The number of hydrogen-bond acceptors (Lipinski definition) is 3. The summed E-state index contributed by atoms with van der Waals surface area (Å²) >= 11 is 0. The van der Waals surface area contributed by atoms with Crippen LogP contribution in [0.2, 0.25) is 0 Å². The second-order valence-corrected chi connectivity index (χ2v) is 7.21. The molecule has 2 rings (SSSR count). The molecule has 1 atom stereocenters. The number of piperidine rings is 1. The van der Waals surface area contributed by atoms with Gasteiger partial charge in [-0.2, -0.15) is 0 Å². The number of hydrogen-bond donors (Lipinski definition) is 1. The maximum absolute atomic E-state index is 3.67. The number of nitrogens with zero attached hydrogens (tertiary/aromatic N) is 2. The van der Waals surface area contributed by atoms with Gasteiger partial charge in [0.2, 0.25) is 0 Å². The molecule has 2 aliphatic rings. The van der Waals surface area contributed by atoms with E-state index in [2.05, 4.69) is 35.9 Å². The summed E-state index contributed by atoms with van der Waals surface area (Å²) in [7, 11) is 0. The van der Waals surface area contributed by atoms with Crippen molar-refractivity contribution < 1.29 is 0 Å². The summed E-state index contributed by atoms with van der Waals surface area (Å²) < 4.78 is 0. The Bertz CT molecular complexity index is 253. The normalized spacial score (nSPS) is 25.9. The second kappa shape index (κ2) is 8.35. The molecule has 20 heavy (non-hydrogen) atoms. The van der Waals surface area contributed by atoms with E-state index >= 15 is 0 Å². The molecule has 2 heterocycles. The first kappa shape index (κ1) is 16.3. The molecule has 1 N–H and O–H groups in total. The van der Waals surface area contributed by atoms with Crippen LogP contribution >= 0.6 is 0 Å². The van der Waals surface area contributed by atoms with Gasteiger partial charge in [0.15, 0.2) is 0 Å². The molecule has 0 aliphatic carbocycles. The molecular weight excluding hydrogens is 246 g/mol. The van der Waals surface area contributed by atoms with Crippen LogP contribution in [0.15, 0.2) is 0 Å². The maximum Gasteiger partial charge on any atom is 0.0195 e. The first-order valence-electron chi connectivity index (χ1n) is 8.88. The molecule has 2 saturated heterocycles. The molecule has 0 aromatic carbocycles. The van der Waals surface area contributed by atoms with Crippen LogP contribution in [-0.4, -0.2) is 61.2 Å². The van der Waals surface area contributed by atoms with Gasteiger partial charge < -0.3 is 10.2 Å². The first-order chi connectivity index (χ1) is 9.69. The molecule has 1 unspecified atom stereocenters. The highest BCUT2D eigenvalue weighted by Crippen LogP contribution is 2.19. The van der Waals surface area contributed by atoms with Gasteiger partial charge in [-0.05, 0) is 64.2 Å². The van der Waals surface area contributed by atoms with Gasteiger partial charge >= 0.3 is 0 Å². The lowest BCUT2D eigenvalue weighted by atomic mass is 10.0. The lowest BCUT2D eigenvalue weighted by molar-refractivity contribution is 0.0953. The molecule has 0 aromatic rings. The maximum atomic E-state index is 3.67. The number of likely N-dealkylation sites (tertiary alicyclic amines) is 1. The van der Waals surface area contributed by atoms with Crippen LogP contribution in [0.1, 0.15) is 52.9 Å². The van der Waals surface area contributed by atoms with Gasteiger partial charge in [-0.25, -0.2) is 0 Å². The third-order valence-electron chi connectivity index (χ3n) is 4.82. The lowest BCUT2D eigenvalue weighted by Gasteiger charge is -2.40. The van der Waals surface area contributed by atoms with E-state index < -0.39 is 0 Å². The zero-order valence-electron chi connectivity index (χ0n) is 13.9. The fourth-order valence-corrected chi connectivity index (χ4v) is 3.89. The van der Waals surface area contributed by atoms with Gasteiger partial charge in [0.1, 0.15) is 0 Å². The monoisotopic (exact) mass is 281 g/mol. The Morgan fingerprint density at radius 3 is 2.50 bits per heavy atom. The summed E-state index contributed by atoms with van der Waals surface area (Å²) in [5.74, 6) is 0.806. The third kappa shape index (κ3) is 5.01. The van der Waals surface area contributed by atoms with E-state index in [9.17, 15) is 0 Å². The average Bonchev–Trinajstić information content (AvgIpc) is 2.91. The predicted molar refractivity (Wildman–Crippen MR) is 87.2 cm³/mol. The Kier molecular flexibility index (Phi) is 6.79. The van der Waals surface area contributed by atoms with Crippen LogP contribution in [0.25, 0.3) is 0 Å². The lowest BCUT2D eigenvalue weighted by Crippen LogP contribution is -2.49. The molecule has 0 spiro atoms. The van der Waals surface area contributed by atoms with Crippen molar-refractivity contribution in [1.82, 2.24) is 15.1 Å². The van der Waals surface area contributed by atoms with Gasteiger partial charge in [0.25, 0.3) is 0 Å². The summed E-state index contributed by atoms with van der Waals surface area (Å²) in [5, 5.41) is 3.67. The minimum absolute atomic E-state index is 0.759. The highest BCUT2D eigenvalue weighted by Gasteiger charge is 2.26. The average molecular weight is 281 g/mol. The van der Waals surface area contributed by atoms with E-state index in [1.165, 1.54) is 71.4 Å². The smallest absolute Gasteiger partial charge is 0.0195 e. The van der Waals surface area contributed by atoms with E-state index in [0.29, 0.717) is 0 Å². The molecule has 0 amide bonds. The molecule has 118 valence electrons. The zero-order valence-corrected chi connectivity index (χ0v) is 13.9. The third-order valence-corrected chi connectivity index (χ3v) is 4.82. The van der Waals surface area contributed by atoms with Gasteiger partial charge in [-0.15, -0.1) is 0 Å². The largest absolute Gasteiger partial charge is 0.313 e. The van der Waals surface area contributed by atoms with Crippen molar-refractivity contribution in [2.45, 2.75) is 65.0 Å². The molecule has 3 heteroatoms. The topological polar surface area (TPSA) is 18.5 Å². The molecule has 2 aliphatic heterocycles. The van der Waals surface area contributed by atoms with E-state index in [1.54, 1.807) is 0 Å². The Morgan fingerprint density at radius 2 is 1.95 bits per heavy atom. The Balaban J connectivity index is 1.78. The molecule has 0 radical (unpaired) electrons. The van der Waals surface area contributed by atoms with Crippen LogP contribution in [0.5, 0.6) is 0 Å². The van der Waals surface area contributed by atoms with E-state index in [1.807, 2.05) is 0 Å². The van der Waals surface area contributed by atoms with Gasteiger partial charge in [-0.1, -0.05) is 20.8 Å². The van der Waals surface area contributed by atoms with Crippen LogP contribution in [-0.2, 0) is 0 Å². The van der Waals surface area contributed by atoms with Crippen LogP contribution < -0.4 is 5.32 Å². The van der Waals surface area contributed by atoms with E-state index in [0.717, 1.165) is 18.0 Å². The van der Waals surface area contributed by atoms with Crippen LogP contribution in [0, 0.1) is 5.92 Å². The summed E-state index contributed by atoms with van der Waals surface area (Å²) in [6.45, 7) is 14.7. The van der Waals surface area contributed by atoms with Crippen molar-refractivity contribution in [2.24, 2.45) is 5.92 Å². The van der Waals surface area contributed by atoms with Crippen LogP contribution in [0.3, 0.4) is 0 Å². The summed E-state index contributed by atoms with van der Waals surface area (Å²) in [6.07, 6.45) is 6.79. The molecule has 2 fully saturated rings. The Morgan fingerprint density at radius 1 is 1.20 bits per heavy atom. The minimum Gasteiger partial charge on any atom is -0.313 e. The number of nitrogens with one attached hydrogen (secondary N) is 1. The summed E-state index contributed by atoms with van der Waals surface area (Å²) in [6, 6.07) is 1.59. The molecule has 0 saturated carbocycles. The van der Waals surface area contributed by atoms with Crippen molar-refractivity contribution in [1.29, 1.82) is 0 Å². The van der Waals surface area contributed by atoms with Crippen molar-refractivity contribution in [2.75, 3.05) is 39.3 Å².